The summed E-state index contributed by atoms with van der Waals surface area (Å²) in [4.78, 5) is 0. The Bertz CT molecular complexity index is 656. The topological polar surface area (TPSA) is 56.5 Å². The molecular formula is C17H24BF3N2O2. The molecule has 1 aliphatic heterocycles. The average Bonchev–Trinajstić information content (AvgIpc) is 2.65. The molecule has 0 spiro atoms. The first-order chi connectivity index (χ1) is 11.4. The SMILES string of the molecule is CNCC(=Cc1ccc(C(F)(F)F)c(N)c1)B1OC(C)(C)C(C)(C)O1. The highest BCUT2D eigenvalue weighted by molar-refractivity contribution is 6.55. The number of halogens is 3. The van der Waals surface area contributed by atoms with Crippen molar-refractivity contribution in [3.05, 3.63) is 34.8 Å². The van der Waals surface area contributed by atoms with E-state index in [-0.39, 0.29) is 5.69 Å². The van der Waals surface area contributed by atoms with Crippen molar-refractivity contribution in [1.29, 1.82) is 0 Å². The number of alkyl halides is 3. The Hall–Kier alpha value is -1.51. The molecule has 3 N–H and O–H groups in total. The quantitative estimate of drug-likeness (QED) is 0.640. The summed E-state index contributed by atoms with van der Waals surface area (Å²) in [6.07, 6.45) is -2.72. The van der Waals surface area contributed by atoms with Crippen molar-refractivity contribution in [3.8, 4) is 0 Å². The Labute approximate surface area is 146 Å². The number of likely N-dealkylation sites (N-methyl/N-ethyl adjacent to an activating group) is 1. The van der Waals surface area contributed by atoms with Crippen LogP contribution in [0, 0.1) is 0 Å². The van der Waals surface area contributed by atoms with E-state index in [1.165, 1.54) is 12.1 Å². The van der Waals surface area contributed by atoms with Gasteiger partial charge in [0.05, 0.1) is 16.8 Å². The van der Waals surface area contributed by atoms with Crippen molar-refractivity contribution in [2.24, 2.45) is 0 Å². The second kappa shape index (κ2) is 6.66. The van der Waals surface area contributed by atoms with Gasteiger partial charge < -0.3 is 20.4 Å². The van der Waals surface area contributed by atoms with E-state index in [9.17, 15) is 13.2 Å². The van der Waals surface area contributed by atoms with E-state index >= 15 is 0 Å². The maximum absolute atomic E-state index is 12.8. The Morgan fingerprint density at radius 3 is 2.20 bits per heavy atom. The largest absolute Gasteiger partial charge is 0.491 e. The molecule has 1 fully saturated rings. The van der Waals surface area contributed by atoms with Crippen LogP contribution in [0.25, 0.3) is 6.08 Å². The number of rotatable bonds is 4. The van der Waals surface area contributed by atoms with Gasteiger partial charge in [-0.1, -0.05) is 12.1 Å². The third-order valence-electron chi connectivity index (χ3n) is 4.67. The van der Waals surface area contributed by atoms with E-state index in [0.717, 1.165) is 11.5 Å². The molecule has 138 valence electrons. The summed E-state index contributed by atoms with van der Waals surface area (Å²) >= 11 is 0. The number of anilines is 1. The number of nitrogens with two attached hydrogens (primary N) is 1. The lowest BCUT2D eigenvalue weighted by atomic mass is 9.77. The predicted octanol–water partition coefficient (Wildman–Crippen LogP) is 3.52. The fourth-order valence-electron chi connectivity index (χ4n) is 2.54. The number of nitrogens with one attached hydrogen (secondary N) is 1. The third kappa shape index (κ3) is 4.19. The van der Waals surface area contributed by atoms with Gasteiger partial charge in [0.25, 0.3) is 0 Å². The maximum atomic E-state index is 12.8. The van der Waals surface area contributed by atoms with Crippen LogP contribution in [0.5, 0.6) is 0 Å². The molecule has 0 bridgehead atoms. The van der Waals surface area contributed by atoms with Gasteiger partial charge in [-0.3, -0.25) is 0 Å². The minimum atomic E-state index is -4.47. The van der Waals surface area contributed by atoms with Crippen molar-refractivity contribution < 1.29 is 22.5 Å². The normalized spacial score (nSPS) is 20.2. The molecule has 8 heteroatoms. The van der Waals surface area contributed by atoms with Crippen LogP contribution >= 0.6 is 0 Å². The zero-order valence-electron chi connectivity index (χ0n) is 15.1. The van der Waals surface area contributed by atoms with Gasteiger partial charge >= 0.3 is 13.3 Å². The highest BCUT2D eigenvalue weighted by Gasteiger charge is 2.52. The molecule has 0 radical (unpaired) electrons. The first kappa shape index (κ1) is 19.8. The monoisotopic (exact) mass is 356 g/mol. The van der Waals surface area contributed by atoms with E-state index in [1.807, 2.05) is 27.7 Å². The van der Waals surface area contributed by atoms with Crippen LogP contribution in [0.3, 0.4) is 0 Å². The smallest absolute Gasteiger partial charge is 0.400 e. The fourth-order valence-corrected chi connectivity index (χ4v) is 2.54. The van der Waals surface area contributed by atoms with Gasteiger partial charge in [-0.05, 0) is 57.9 Å². The van der Waals surface area contributed by atoms with Crippen LogP contribution in [0.1, 0.15) is 38.8 Å². The summed E-state index contributed by atoms with van der Waals surface area (Å²) in [7, 11) is 1.20. The van der Waals surface area contributed by atoms with Crippen LogP contribution in [-0.2, 0) is 15.5 Å². The summed E-state index contributed by atoms with van der Waals surface area (Å²) in [5.41, 5.74) is 4.77. The lowest BCUT2D eigenvalue weighted by molar-refractivity contribution is -0.136. The second-order valence-corrected chi connectivity index (χ2v) is 7.18. The van der Waals surface area contributed by atoms with Gasteiger partial charge in [0.1, 0.15) is 0 Å². The van der Waals surface area contributed by atoms with Gasteiger partial charge in [0.2, 0.25) is 0 Å². The molecule has 1 aromatic rings. The molecule has 0 aromatic heterocycles. The zero-order valence-corrected chi connectivity index (χ0v) is 15.1. The summed E-state index contributed by atoms with van der Waals surface area (Å²) in [6.45, 7) is 8.25. The lowest BCUT2D eigenvalue weighted by Gasteiger charge is -2.32. The van der Waals surface area contributed by atoms with E-state index in [2.05, 4.69) is 5.32 Å². The van der Waals surface area contributed by atoms with Crippen molar-refractivity contribution >= 4 is 18.9 Å². The number of hydrogen-bond acceptors (Lipinski definition) is 4. The molecule has 1 saturated heterocycles. The van der Waals surface area contributed by atoms with Crippen molar-refractivity contribution in [2.75, 3.05) is 19.3 Å². The molecular weight excluding hydrogens is 332 g/mol. The van der Waals surface area contributed by atoms with Crippen LogP contribution in [0.2, 0.25) is 0 Å². The van der Waals surface area contributed by atoms with Crippen LogP contribution in [-0.4, -0.2) is 31.9 Å². The second-order valence-electron chi connectivity index (χ2n) is 7.18. The van der Waals surface area contributed by atoms with Crippen molar-refractivity contribution in [1.82, 2.24) is 5.32 Å². The third-order valence-corrected chi connectivity index (χ3v) is 4.67. The first-order valence-electron chi connectivity index (χ1n) is 8.05. The Morgan fingerprint density at radius 2 is 1.76 bits per heavy atom. The van der Waals surface area contributed by atoms with E-state index in [1.54, 1.807) is 13.1 Å². The molecule has 0 unspecified atom stereocenters. The van der Waals surface area contributed by atoms with Crippen LogP contribution in [0.4, 0.5) is 18.9 Å². The average molecular weight is 356 g/mol. The molecule has 1 aromatic carbocycles. The number of benzene rings is 1. The minimum Gasteiger partial charge on any atom is -0.400 e. The Balaban J connectivity index is 2.34. The molecule has 1 aliphatic rings. The minimum absolute atomic E-state index is 0.307. The van der Waals surface area contributed by atoms with Gasteiger partial charge in [-0.25, -0.2) is 0 Å². The highest BCUT2D eigenvalue weighted by Crippen LogP contribution is 2.39. The molecule has 0 atom stereocenters. The molecule has 25 heavy (non-hydrogen) atoms. The predicted molar refractivity (Wildman–Crippen MR) is 93.8 cm³/mol. The molecule has 0 amide bonds. The summed E-state index contributed by atoms with van der Waals surface area (Å²) < 4.78 is 50.5. The fraction of sp³-hybridized carbons (Fsp3) is 0.529. The summed E-state index contributed by atoms with van der Waals surface area (Å²) in [5.74, 6) is 0. The van der Waals surface area contributed by atoms with E-state index in [4.69, 9.17) is 15.0 Å². The number of hydrogen-bond donors (Lipinski definition) is 2. The van der Waals surface area contributed by atoms with Gasteiger partial charge in [0.15, 0.2) is 0 Å². The van der Waals surface area contributed by atoms with Crippen molar-refractivity contribution in [2.45, 2.75) is 45.1 Å². The summed E-state index contributed by atoms with van der Waals surface area (Å²) in [6, 6.07) is 3.69. The van der Waals surface area contributed by atoms with Gasteiger partial charge in [-0.2, -0.15) is 13.2 Å². The molecule has 4 nitrogen and oxygen atoms in total. The van der Waals surface area contributed by atoms with Gasteiger partial charge in [0, 0.05) is 12.2 Å². The van der Waals surface area contributed by atoms with E-state index < -0.39 is 30.1 Å². The molecule has 2 rings (SSSR count). The molecule has 0 aliphatic carbocycles. The van der Waals surface area contributed by atoms with Gasteiger partial charge in [-0.15, -0.1) is 0 Å². The molecule has 1 heterocycles. The maximum Gasteiger partial charge on any atom is 0.491 e. The standard InChI is InChI=1S/C17H24BF3N2O2/c1-15(2)16(3,4)25-18(24-15)12(10-23-5)8-11-6-7-13(14(22)9-11)17(19,20)21/h6-9,23H,10,22H2,1-5H3. The van der Waals surface area contributed by atoms with Crippen molar-refractivity contribution in [3.63, 3.8) is 0 Å². The Kier molecular flexibility index (Phi) is 5.28. The number of nitrogen functional groups attached to an aromatic ring is 1. The summed E-state index contributed by atoms with van der Waals surface area (Å²) in [5, 5.41) is 3.03. The van der Waals surface area contributed by atoms with Crippen LogP contribution in [0.15, 0.2) is 23.7 Å². The molecule has 0 saturated carbocycles. The zero-order chi connectivity index (χ0) is 19.0. The van der Waals surface area contributed by atoms with Crippen LogP contribution < -0.4 is 11.1 Å². The van der Waals surface area contributed by atoms with E-state index in [0.29, 0.717) is 12.1 Å². The lowest BCUT2D eigenvalue weighted by Crippen LogP contribution is -2.41. The highest BCUT2D eigenvalue weighted by atomic mass is 19.4. The Morgan fingerprint density at radius 1 is 1.20 bits per heavy atom. The first-order valence-corrected chi connectivity index (χ1v) is 8.05.